The molecular formula is C5H11N3O. The summed E-state index contributed by atoms with van der Waals surface area (Å²) in [6.45, 7) is 3.83. The Labute approximate surface area is 54.1 Å². The normalized spacial score (nSPS) is 21.1. The lowest BCUT2D eigenvalue weighted by atomic mass is 10.4. The minimum absolute atomic E-state index is 0.935. The van der Waals surface area contributed by atoms with Gasteiger partial charge in [-0.05, 0) is 0 Å². The lowest BCUT2D eigenvalue weighted by molar-refractivity contribution is 0.297. The monoisotopic (exact) mass is 129 g/mol. The molecule has 52 valence electrons. The number of piperazine rings is 1. The second kappa shape index (κ2) is 3.29. The average Bonchev–Trinajstić information content (AvgIpc) is 1.91. The Kier molecular flexibility index (Phi) is 2.32. The van der Waals surface area contributed by atoms with Crippen molar-refractivity contribution in [2.75, 3.05) is 26.2 Å². The van der Waals surface area contributed by atoms with Crippen LogP contribution in [0, 0.1) is 0 Å². The average molecular weight is 129 g/mol. The minimum atomic E-state index is 0.935. The van der Waals surface area contributed by atoms with Gasteiger partial charge in [0.25, 0.3) is 0 Å². The van der Waals surface area contributed by atoms with E-state index >= 15 is 0 Å². The zero-order chi connectivity index (χ0) is 6.53. The summed E-state index contributed by atoms with van der Waals surface area (Å²) in [7, 11) is 0. The van der Waals surface area contributed by atoms with E-state index in [4.69, 9.17) is 5.21 Å². The first-order valence-electron chi connectivity index (χ1n) is 3.06. The van der Waals surface area contributed by atoms with Crippen molar-refractivity contribution >= 4 is 6.34 Å². The van der Waals surface area contributed by atoms with E-state index in [1.54, 1.807) is 0 Å². The Bertz CT molecular complexity index is 98.4. The molecule has 2 N–H and O–H groups in total. The molecule has 4 nitrogen and oxygen atoms in total. The van der Waals surface area contributed by atoms with Crippen LogP contribution in [-0.4, -0.2) is 42.6 Å². The molecule has 4 heteroatoms. The quantitative estimate of drug-likeness (QED) is 0.213. The molecule has 0 radical (unpaired) electrons. The smallest absolute Gasteiger partial charge is 0.130 e. The van der Waals surface area contributed by atoms with Crippen molar-refractivity contribution in [1.29, 1.82) is 0 Å². The Morgan fingerprint density at radius 3 is 2.67 bits per heavy atom. The Morgan fingerprint density at radius 2 is 2.11 bits per heavy atom. The Balaban J connectivity index is 2.23. The van der Waals surface area contributed by atoms with Gasteiger partial charge in [-0.25, -0.2) is 0 Å². The van der Waals surface area contributed by atoms with E-state index < -0.39 is 0 Å². The van der Waals surface area contributed by atoms with Crippen LogP contribution in [0.1, 0.15) is 0 Å². The second-order valence-electron chi connectivity index (χ2n) is 2.02. The molecule has 0 amide bonds. The fourth-order valence-corrected chi connectivity index (χ4v) is 0.871. The van der Waals surface area contributed by atoms with Gasteiger partial charge in [0.2, 0.25) is 0 Å². The molecule has 0 unspecified atom stereocenters. The number of nitrogens with zero attached hydrogens (tertiary/aromatic N) is 2. The van der Waals surface area contributed by atoms with Gasteiger partial charge >= 0.3 is 0 Å². The van der Waals surface area contributed by atoms with Crippen LogP contribution in [0.5, 0.6) is 0 Å². The maximum absolute atomic E-state index is 8.13. The van der Waals surface area contributed by atoms with Crippen molar-refractivity contribution in [3.05, 3.63) is 0 Å². The van der Waals surface area contributed by atoms with Gasteiger partial charge in [0.15, 0.2) is 0 Å². The molecule has 1 aliphatic heterocycles. The number of rotatable bonds is 1. The Morgan fingerprint density at radius 1 is 1.44 bits per heavy atom. The lowest BCUT2D eigenvalue weighted by Crippen LogP contribution is -2.42. The molecular weight excluding hydrogens is 118 g/mol. The summed E-state index contributed by atoms with van der Waals surface area (Å²) in [5.41, 5.74) is 0. The topological polar surface area (TPSA) is 47.9 Å². The van der Waals surface area contributed by atoms with E-state index in [9.17, 15) is 0 Å². The maximum Gasteiger partial charge on any atom is 0.130 e. The number of nitrogens with one attached hydrogen (secondary N) is 1. The summed E-state index contributed by atoms with van der Waals surface area (Å²) in [4.78, 5) is 1.97. The highest BCUT2D eigenvalue weighted by atomic mass is 16.4. The van der Waals surface area contributed by atoms with E-state index in [0.717, 1.165) is 26.2 Å². The van der Waals surface area contributed by atoms with Crippen molar-refractivity contribution in [3.63, 3.8) is 0 Å². The molecule has 1 fully saturated rings. The van der Waals surface area contributed by atoms with Gasteiger partial charge in [-0.3, -0.25) is 0 Å². The van der Waals surface area contributed by atoms with Gasteiger partial charge in [0.1, 0.15) is 6.34 Å². The minimum Gasteiger partial charge on any atom is -0.410 e. The highest BCUT2D eigenvalue weighted by Gasteiger charge is 2.03. The second-order valence-corrected chi connectivity index (χ2v) is 2.02. The summed E-state index contributed by atoms with van der Waals surface area (Å²) in [6.07, 6.45) is 1.46. The SMILES string of the molecule is ON=CN1CCNCC1. The predicted octanol–water partition coefficient (Wildman–Crippen LogP) is -0.691. The third-order valence-corrected chi connectivity index (χ3v) is 1.37. The molecule has 0 aliphatic carbocycles. The van der Waals surface area contributed by atoms with Crippen molar-refractivity contribution in [3.8, 4) is 0 Å². The van der Waals surface area contributed by atoms with E-state index in [1.165, 1.54) is 6.34 Å². The summed E-state index contributed by atoms with van der Waals surface area (Å²) >= 11 is 0. The van der Waals surface area contributed by atoms with Gasteiger partial charge in [0.05, 0.1) is 0 Å². The molecule has 0 aromatic rings. The number of oxime groups is 1. The van der Waals surface area contributed by atoms with Crippen LogP contribution >= 0.6 is 0 Å². The van der Waals surface area contributed by atoms with Crippen LogP contribution in [0.25, 0.3) is 0 Å². The molecule has 0 aromatic carbocycles. The molecule has 1 rings (SSSR count). The summed E-state index contributed by atoms with van der Waals surface area (Å²) in [5, 5.41) is 14.2. The third-order valence-electron chi connectivity index (χ3n) is 1.37. The van der Waals surface area contributed by atoms with E-state index in [2.05, 4.69) is 10.5 Å². The number of hydrogen-bond acceptors (Lipinski definition) is 3. The van der Waals surface area contributed by atoms with Crippen molar-refractivity contribution in [1.82, 2.24) is 10.2 Å². The summed E-state index contributed by atoms with van der Waals surface area (Å²) in [6, 6.07) is 0. The molecule has 1 aliphatic rings. The first kappa shape index (κ1) is 6.35. The van der Waals surface area contributed by atoms with Crippen molar-refractivity contribution in [2.24, 2.45) is 5.16 Å². The van der Waals surface area contributed by atoms with Crippen LogP contribution in [-0.2, 0) is 0 Å². The van der Waals surface area contributed by atoms with Gasteiger partial charge in [-0.15, -0.1) is 0 Å². The Hall–Kier alpha value is -0.770. The lowest BCUT2D eigenvalue weighted by Gasteiger charge is -2.23. The molecule has 0 atom stereocenters. The highest BCUT2D eigenvalue weighted by Crippen LogP contribution is 1.85. The van der Waals surface area contributed by atoms with E-state index in [-0.39, 0.29) is 0 Å². The number of hydrogen-bond donors (Lipinski definition) is 2. The first-order valence-corrected chi connectivity index (χ1v) is 3.06. The fraction of sp³-hybridized carbons (Fsp3) is 0.800. The molecule has 0 bridgehead atoms. The molecule has 1 saturated heterocycles. The van der Waals surface area contributed by atoms with Crippen LogP contribution in [0.4, 0.5) is 0 Å². The van der Waals surface area contributed by atoms with Gasteiger partial charge in [-0.2, -0.15) is 0 Å². The standard InChI is InChI=1S/C5H11N3O/c9-7-5-8-3-1-6-2-4-8/h5-6,9H,1-4H2. The van der Waals surface area contributed by atoms with Gasteiger partial charge in [-0.1, -0.05) is 5.16 Å². The summed E-state index contributed by atoms with van der Waals surface area (Å²) < 4.78 is 0. The molecule has 0 aromatic heterocycles. The van der Waals surface area contributed by atoms with Crippen LogP contribution < -0.4 is 5.32 Å². The highest BCUT2D eigenvalue weighted by molar-refractivity contribution is 5.53. The predicted molar refractivity (Wildman–Crippen MR) is 34.7 cm³/mol. The van der Waals surface area contributed by atoms with Crippen molar-refractivity contribution < 1.29 is 5.21 Å². The van der Waals surface area contributed by atoms with Crippen molar-refractivity contribution in [2.45, 2.75) is 0 Å². The zero-order valence-electron chi connectivity index (χ0n) is 5.25. The van der Waals surface area contributed by atoms with Crippen LogP contribution in [0.3, 0.4) is 0 Å². The fourth-order valence-electron chi connectivity index (χ4n) is 0.871. The largest absolute Gasteiger partial charge is 0.410 e. The van der Waals surface area contributed by atoms with Crippen LogP contribution in [0.15, 0.2) is 5.16 Å². The maximum atomic E-state index is 8.13. The molecule has 0 spiro atoms. The molecule has 0 saturated carbocycles. The third kappa shape index (κ3) is 1.89. The first-order chi connectivity index (χ1) is 4.43. The summed E-state index contributed by atoms with van der Waals surface area (Å²) in [5.74, 6) is 0. The van der Waals surface area contributed by atoms with Crippen LogP contribution in [0.2, 0.25) is 0 Å². The van der Waals surface area contributed by atoms with E-state index in [1.807, 2.05) is 4.90 Å². The van der Waals surface area contributed by atoms with Gasteiger partial charge < -0.3 is 15.4 Å². The molecule has 1 heterocycles. The molecule has 9 heavy (non-hydrogen) atoms. The zero-order valence-corrected chi connectivity index (χ0v) is 5.25. The van der Waals surface area contributed by atoms with E-state index in [0.29, 0.717) is 0 Å². The van der Waals surface area contributed by atoms with Gasteiger partial charge in [0, 0.05) is 26.2 Å².